The number of rotatable bonds is 25. The SMILES string of the molecule is CC1(C)O[C@H]2O[C@@H]([C@@H](CO[C@@H]3O[C@@H]([C@@H](COC(=O)c4ccccc4)OC(=O)c4ccccc4)[C@H](OC(=O)c4ccccc4)[C@H]3OC(=O)c3ccccc3)O[C@H]3O[C@H](COC(=O)c4ccccc4)[C@@H](OC(=O)c4ccccc4)[C@@H]3OC(=O)c3ccccc3)[C@H](OC(=O)c3ccccc3)[C@H]2O1. The number of fused-ring (bicyclic) bond motifs is 1. The molecule has 4 aliphatic heterocycles. The topological polar surface area (TPSA) is 275 Å². The van der Waals surface area contributed by atoms with Gasteiger partial charge in [-0.2, -0.15) is 0 Å². The zero-order valence-electron chi connectivity index (χ0n) is 53.2. The fourth-order valence-corrected chi connectivity index (χ4v) is 11.5. The van der Waals surface area contributed by atoms with Crippen LogP contribution >= 0.6 is 0 Å². The molecule has 0 N–H and O–H groups in total. The van der Waals surface area contributed by atoms with E-state index in [4.69, 9.17) is 71.1 Å². The van der Waals surface area contributed by atoms with Crippen molar-refractivity contribution in [3.8, 4) is 0 Å². The number of carbonyl (C=O) groups excluding carboxylic acids is 8. The lowest BCUT2D eigenvalue weighted by Gasteiger charge is -2.34. The molecule has 23 nitrogen and oxygen atoms in total. The summed E-state index contributed by atoms with van der Waals surface area (Å²) in [4.78, 5) is 114. The van der Waals surface area contributed by atoms with Gasteiger partial charge in [-0.3, -0.25) is 0 Å². The summed E-state index contributed by atoms with van der Waals surface area (Å²) in [5, 5.41) is 0. The quantitative estimate of drug-likeness (QED) is 0.0380. The molecule has 99 heavy (non-hydrogen) atoms. The molecule has 0 amide bonds. The number of ether oxygens (including phenoxy) is 15. The van der Waals surface area contributed by atoms with Crippen molar-refractivity contribution in [2.75, 3.05) is 19.8 Å². The molecule has 4 aliphatic rings. The molecule has 0 radical (unpaired) electrons. The Morgan fingerprint density at radius 1 is 0.343 bits per heavy atom. The molecular weight excluding hydrogens is 1280 g/mol. The van der Waals surface area contributed by atoms with Crippen LogP contribution in [-0.2, 0) is 71.1 Å². The monoisotopic (exact) mass is 1350 g/mol. The van der Waals surface area contributed by atoms with Crippen molar-refractivity contribution in [1.29, 1.82) is 0 Å². The Kier molecular flexibility index (Phi) is 21.8. The average molecular weight is 1350 g/mol. The van der Waals surface area contributed by atoms with Crippen LogP contribution in [0.3, 0.4) is 0 Å². The lowest BCUT2D eigenvalue weighted by atomic mass is 10.0. The molecule has 8 aromatic carbocycles. The zero-order chi connectivity index (χ0) is 68.8. The largest absolute Gasteiger partial charge is 0.459 e. The Hall–Kier alpha value is -10.8. The van der Waals surface area contributed by atoms with Gasteiger partial charge in [0.2, 0.25) is 0 Å². The van der Waals surface area contributed by atoms with Crippen molar-refractivity contribution < 1.29 is 109 Å². The van der Waals surface area contributed by atoms with Crippen molar-refractivity contribution in [2.24, 2.45) is 0 Å². The van der Waals surface area contributed by atoms with E-state index in [-0.39, 0.29) is 44.5 Å². The van der Waals surface area contributed by atoms with Gasteiger partial charge in [0, 0.05) is 0 Å². The standard InChI is InChI=1S/C76H66O23/c1-76(2)98-64-61(93-70(82)51-37-21-8-22-38-51)58(97-75(64)99-76)56(90-74-62(94-71(83)52-39-23-9-24-40-52)59(91-68(80)49-33-17-6-18-34-49)55(89-74)44-86-66(78)47-29-13-4-14-30-47)45-87-73-63(95-72(84)53-41-25-10-26-42-53)60(92-69(81)50-35-19-7-20-36-50)57(96-73)54(88-67(79)48-31-15-5-16-32-48)43-85-65(77)46-27-11-3-12-28-46/h3-42,54-64,73-75H,43-45H2,1-2H3/t54-,55-,56-,57+,58+,59-,60+,61+,62+,63-,64-,73-,74-,75-/m1/s1. The van der Waals surface area contributed by atoms with Crippen LogP contribution in [0.15, 0.2) is 243 Å². The molecule has 0 aliphatic carbocycles. The van der Waals surface area contributed by atoms with E-state index in [0.29, 0.717) is 0 Å². The minimum Gasteiger partial charge on any atom is -0.459 e. The molecule has 0 spiro atoms. The highest BCUT2D eigenvalue weighted by Gasteiger charge is 2.62. The van der Waals surface area contributed by atoms with Crippen molar-refractivity contribution >= 4 is 47.8 Å². The molecule has 4 heterocycles. The highest BCUT2D eigenvalue weighted by Crippen LogP contribution is 2.43. The van der Waals surface area contributed by atoms with Gasteiger partial charge in [0.25, 0.3) is 0 Å². The summed E-state index contributed by atoms with van der Waals surface area (Å²) >= 11 is 0. The zero-order valence-corrected chi connectivity index (χ0v) is 53.2. The third kappa shape index (κ3) is 16.8. The Morgan fingerprint density at radius 2 is 0.687 bits per heavy atom. The van der Waals surface area contributed by atoms with Crippen LogP contribution in [0.25, 0.3) is 0 Å². The van der Waals surface area contributed by atoms with Gasteiger partial charge in [-0.05, 0) is 111 Å². The van der Waals surface area contributed by atoms with E-state index >= 15 is 0 Å². The summed E-state index contributed by atoms with van der Waals surface area (Å²) in [6, 6.07) is 63.0. The van der Waals surface area contributed by atoms with Crippen LogP contribution in [0.5, 0.6) is 0 Å². The summed E-state index contributed by atoms with van der Waals surface area (Å²) < 4.78 is 96.1. The minimum absolute atomic E-state index is 0.0239. The fraction of sp³-hybridized carbons (Fsp3) is 0.263. The van der Waals surface area contributed by atoms with Crippen LogP contribution in [0.2, 0.25) is 0 Å². The molecule has 4 saturated heterocycles. The molecule has 8 aromatic rings. The number of carbonyl (C=O) groups is 8. The van der Waals surface area contributed by atoms with Crippen molar-refractivity contribution in [2.45, 2.75) is 106 Å². The van der Waals surface area contributed by atoms with E-state index in [1.54, 1.807) is 159 Å². The molecule has 23 heteroatoms. The molecule has 12 rings (SSSR count). The van der Waals surface area contributed by atoms with Gasteiger partial charge in [0.05, 0.1) is 51.1 Å². The van der Waals surface area contributed by atoms with Gasteiger partial charge < -0.3 is 71.1 Å². The Bertz CT molecular complexity index is 4060. The predicted molar refractivity (Wildman–Crippen MR) is 344 cm³/mol. The fourth-order valence-electron chi connectivity index (χ4n) is 11.5. The smallest absolute Gasteiger partial charge is 0.338 e. The number of hydrogen-bond donors (Lipinski definition) is 0. The van der Waals surface area contributed by atoms with Gasteiger partial charge in [-0.25, -0.2) is 38.4 Å². The van der Waals surface area contributed by atoms with E-state index < -0.39 is 159 Å². The van der Waals surface area contributed by atoms with Gasteiger partial charge in [-0.15, -0.1) is 0 Å². The number of hydrogen-bond acceptors (Lipinski definition) is 23. The molecule has 0 saturated carbocycles. The van der Waals surface area contributed by atoms with Crippen molar-refractivity contribution in [3.63, 3.8) is 0 Å². The third-order valence-corrected chi connectivity index (χ3v) is 16.3. The van der Waals surface area contributed by atoms with E-state index in [0.717, 1.165) is 0 Å². The average Bonchev–Trinajstić information content (AvgIpc) is 1.62. The van der Waals surface area contributed by atoms with E-state index in [2.05, 4.69) is 0 Å². The second-order valence-electron chi connectivity index (χ2n) is 23.5. The lowest BCUT2D eigenvalue weighted by molar-refractivity contribution is -0.271. The Balaban J connectivity index is 0.961. The first kappa shape index (κ1) is 68.2. The van der Waals surface area contributed by atoms with Crippen molar-refractivity contribution in [3.05, 3.63) is 287 Å². The first-order valence-electron chi connectivity index (χ1n) is 31.7. The molecule has 14 atom stereocenters. The van der Waals surface area contributed by atoms with Crippen LogP contribution in [0, 0.1) is 0 Å². The Morgan fingerprint density at radius 3 is 1.11 bits per heavy atom. The Labute approximate surface area is 567 Å². The summed E-state index contributed by atoms with van der Waals surface area (Å²) in [7, 11) is 0. The molecule has 0 bridgehead atoms. The van der Waals surface area contributed by atoms with Crippen LogP contribution in [0.1, 0.15) is 96.7 Å². The molecule has 0 aromatic heterocycles. The summed E-state index contributed by atoms with van der Waals surface area (Å²) in [5.41, 5.74) is 0.649. The van der Waals surface area contributed by atoms with Gasteiger partial charge in [0.15, 0.2) is 67.4 Å². The highest BCUT2D eigenvalue weighted by molar-refractivity contribution is 5.93. The van der Waals surface area contributed by atoms with E-state index in [9.17, 15) is 38.4 Å². The molecular formula is C76H66O23. The van der Waals surface area contributed by atoms with Gasteiger partial charge in [0.1, 0.15) is 37.6 Å². The minimum atomic E-state index is -1.91. The lowest BCUT2D eigenvalue weighted by Crippen LogP contribution is -2.50. The molecule has 4 fully saturated rings. The van der Waals surface area contributed by atoms with Crippen LogP contribution in [0.4, 0.5) is 0 Å². The maximum absolute atomic E-state index is 14.6. The van der Waals surface area contributed by atoms with Crippen LogP contribution in [-0.4, -0.2) is 159 Å². The van der Waals surface area contributed by atoms with Crippen molar-refractivity contribution in [1.82, 2.24) is 0 Å². The van der Waals surface area contributed by atoms with Gasteiger partial charge in [-0.1, -0.05) is 146 Å². The molecule has 0 unspecified atom stereocenters. The van der Waals surface area contributed by atoms with E-state index in [1.165, 1.54) is 97.1 Å². The highest BCUT2D eigenvalue weighted by atomic mass is 16.9. The number of esters is 8. The molecule has 508 valence electrons. The third-order valence-electron chi connectivity index (χ3n) is 16.3. The predicted octanol–water partition coefficient (Wildman–Crippen LogP) is 9.78. The second-order valence-corrected chi connectivity index (χ2v) is 23.5. The second kappa shape index (κ2) is 31.6. The number of benzene rings is 8. The summed E-state index contributed by atoms with van der Waals surface area (Å²) in [6.07, 6.45) is -23.0. The van der Waals surface area contributed by atoms with Gasteiger partial charge >= 0.3 is 47.8 Å². The summed E-state index contributed by atoms with van der Waals surface area (Å²) in [6.45, 7) is 1.04. The first-order chi connectivity index (χ1) is 48.1. The maximum atomic E-state index is 14.6. The normalized spacial score (nSPS) is 24.0. The summed E-state index contributed by atoms with van der Waals surface area (Å²) in [5.74, 6) is -8.53. The van der Waals surface area contributed by atoms with Crippen LogP contribution < -0.4 is 0 Å². The first-order valence-corrected chi connectivity index (χ1v) is 31.7. The van der Waals surface area contributed by atoms with E-state index in [1.807, 2.05) is 0 Å². The maximum Gasteiger partial charge on any atom is 0.338 e.